The average molecular weight is 328 g/mol. The molecule has 1 aliphatic rings. The van der Waals surface area contributed by atoms with Gasteiger partial charge in [0.05, 0.1) is 10.5 Å². The Balaban J connectivity index is 2.06. The molecule has 0 radical (unpaired) electrons. The predicted octanol–water partition coefficient (Wildman–Crippen LogP) is 4.26. The van der Waals surface area contributed by atoms with E-state index in [0.717, 1.165) is 22.4 Å². The number of hydrogen-bond acceptors (Lipinski definition) is 5. The highest BCUT2D eigenvalue weighted by Gasteiger charge is 2.32. The minimum atomic E-state index is -0.503. The Hall–Kier alpha value is -2.31. The third kappa shape index (κ3) is 2.95. The molecular weight excluding hydrogens is 312 g/mol. The lowest BCUT2D eigenvalue weighted by molar-refractivity contribution is -0.384. The number of anilines is 1. The first-order valence-electron chi connectivity index (χ1n) is 7.20. The molecule has 3 rings (SSSR count). The van der Waals surface area contributed by atoms with E-state index in [-0.39, 0.29) is 16.8 Å². The fraction of sp³-hybridized carbons (Fsp3) is 0.235. The molecule has 0 fully saturated rings. The van der Waals surface area contributed by atoms with Gasteiger partial charge in [0.25, 0.3) is 5.69 Å². The maximum atomic E-state index is 11.0. The van der Waals surface area contributed by atoms with Gasteiger partial charge < -0.3 is 10.1 Å². The highest BCUT2D eigenvalue weighted by Crippen LogP contribution is 2.39. The summed E-state index contributed by atoms with van der Waals surface area (Å²) in [4.78, 5) is 10.6. The van der Waals surface area contributed by atoms with Crippen molar-refractivity contribution >= 4 is 29.0 Å². The lowest BCUT2D eigenvalue weighted by Gasteiger charge is -2.37. The van der Waals surface area contributed by atoms with Gasteiger partial charge in [-0.25, -0.2) is 0 Å². The van der Waals surface area contributed by atoms with Gasteiger partial charge >= 0.3 is 0 Å². The van der Waals surface area contributed by atoms with E-state index in [9.17, 15) is 10.1 Å². The van der Waals surface area contributed by atoms with E-state index in [2.05, 4.69) is 5.32 Å². The van der Waals surface area contributed by atoms with Crippen molar-refractivity contribution in [1.29, 1.82) is 0 Å². The summed E-state index contributed by atoms with van der Waals surface area (Å²) in [5, 5.41) is 15.7. The van der Waals surface area contributed by atoms with Crippen molar-refractivity contribution in [2.45, 2.75) is 25.7 Å². The Kier molecular flexibility index (Phi) is 3.87. The van der Waals surface area contributed by atoms with Gasteiger partial charge in [-0.05, 0) is 37.1 Å². The normalized spacial score (nSPS) is 18.6. The molecule has 0 spiro atoms. The summed E-state index contributed by atoms with van der Waals surface area (Å²) in [7, 11) is 0. The van der Waals surface area contributed by atoms with Gasteiger partial charge in [0.2, 0.25) is 0 Å². The lowest BCUT2D eigenvalue weighted by atomic mass is 9.91. The van der Waals surface area contributed by atoms with Crippen LogP contribution >= 0.6 is 12.2 Å². The van der Waals surface area contributed by atoms with E-state index in [4.69, 9.17) is 17.0 Å². The topological polar surface area (TPSA) is 64.4 Å². The number of nitro groups is 1. The van der Waals surface area contributed by atoms with Gasteiger partial charge in [0.15, 0.2) is 6.23 Å². The molecule has 0 amide bonds. The monoisotopic (exact) mass is 328 g/mol. The smallest absolute Gasteiger partial charge is 0.270 e. The Bertz CT molecular complexity index is 789. The van der Waals surface area contributed by atoms with Crippen molar-refractivity contribution in [2.24, 2.45) is 0 Å². The lowest BCUT2D eigenvalue weighted by Crippen LogP contribution is -2.39. The maximum Gasteiger partial charge on any atom is 0.270 e. The van der Waals surface area contributed by atoms with Crippen LogP contribution in [0, 0.1) is 10.1 Å². The predicted molar refractivity (Wildman–Crippen MR) is 93.7 cm³/mol. The van der Waals surface area contributed by atoms with Gasteiger partial charge in [-0.2, -0.15) is 0 Å². The molecule has 0 saturated heterocycles. The van der Waals surface area contributed by atoms with Crippen molar-refractivity contribution in [3.63, 3.8) is 0 Å². The van der Waals surface area contributed by atoms with Gasteiger partial charge in [-0.1, -0.05) is 30.4 Å². The highest BCUT2D eigenvalue weighted by atomic mass is 32.1. The summed E-state index contributed by atoms with van der Waals surface area (Å²) >= 11 is 4.97. The van der Waals surface area contributed by atoms with E-state index < -0.39 is 5.60 Å². The van der Waals surface area contributed by atoms with Gasteiger partial charge in [0, 0.05) is 28.8 Å². The van der Waals surface area contributed by atoms with E-state index >= 15 is 0 Å². The second-order valence-electron chi connectivity index (χ2n) is 5.90. The third-order valence-corrected chi connectivity index (χ3v) is 4.15. The number of non-ortho nitro benzene ring substituents is 1. The fourth-order valence-corrected chi connectivity index (χ4v) is 2.90. The molecule has 0 aromatic heterocycles. The zero-order valence-electron chi connectivity index (χ0n) is 12.8. The quantitative estimate of drug-likeness (QED) is 0.518. The minimum Gasteiger partial charge on any atom is -0.356 e. The molecule has 1 heterocycles. The Morgan fingerprint density at radius 1 is 1.26 bits per heavy atom. The number of fused-ring (bicyclic) bond motifs is 1. The second kappa shape index (κ2) is 5.72. The maximum absolute atomic E-state index is 11.0. The SMILES string of the molecule is CC1(C)OC(C=S)Nc2ccc(-c3cccc([N+](=O)[O-])c3)cc21. The van der Waals surface area contributed by atoms with Crippen LogP contribution in [0.5, 0.6) is 0 Å². The van der Waals surface area contributed by atoms with E-state index in [1.54, 1.807) is 17.5 Å². The van der Waals surface area contributed by atoms with Gasteiger partial charge in [-0.3, -0.25) is 10.1 Å². The van der Waals surface area contributed by atoms with Crippen molar-refractivity contribution in [1.82, 2.24) is 0 Å². The van der Waals surface area contributed by atoms with Crippen LogP contribution in [-0.2, 0) is 10.3 Å². The molecule has 2 aromatic rings. The first-order chi connectivity index (χ1) is 10.9. The molecule has 1 atom stereocenters. The number of hydrogen-bond donors (Lipinski definition) is 1. The third-order valence-electron chi connectivity index (χ3n) is 3.90. The summed E-state index contributed by atoms with van der Waals surface area (Å²) in [5.74, 6) is 0. The molecule has 1 N–H and O–H groups in total. The summed E-state index contributed by atoms with van der Waals surface area (Å²) < 4.78 is 5.92. The molecule has 6 heteroatoms. The molecule has 5 nitrogen and oxygen atoms in total. The van der Waals surface area contributed by atoms with Crippen molar-refractivity contribution in [3.05, 3.63) is 58.1 Å². The molecule has 0 saturated carbocycles. The first kappa shape index (κ1) is 15.6. The molecule has 0 bridgehead atoms. The largest absolute Gasteiger partial charge is 0.356 e. The summed E-state index contributed by atoms with van der Waals surface area (Å²) in [6.45, 7) is 3.96. The van der Waals surface area contributed by atoms with Crippen LogP contribution in [0.1, 0.15) is 19.4 Å². The molecule has 23 heavy (non-hydrogen) atoms. The number of rotatable bonds is 3. The molecule has 1 aliphatic heterocycles. The van der Waals surface area contributed by atoms with Crippen LogP contribution in [0.25, 0.3) is 11.1 Å². The number of benzene rings is 2. The van der Waals surface area contributed by atoms with Crippen LogP contribution in [0.3, 0.4) is 0 Å². The average Bonchev–Trinajstić information content (AvgIpc) is 2.54. The van der Waals surface area contributed by atoms with Crippen LogP contribution in [0.15, 0.2) is 42.5 Å². The molecule has 2 aromatic carbocycles. The van der Waals surface area contributed by atoms with Gasteiger partial charge in [-0.15, -0.1) is 0 Å². The molecule has 1 unspecified atom stereocenters. The van der Waals surface area contributed by atoms with Crippen molar-refractivity contribution in [2.75, 3.05) is 5.32 Å². The minimum absolute atomic E-state index is 0.0784. The zero-order valence-corrected chi connectivity index (χ0v) is 13.6. The zero-order chi connectivity index (χ0) is 16.6. The van der Waals surface area contributed by atoms with Gasteiger partial charge in [0.1, 0.15) is 0 Å². The molecular formula is C17H16N2O3S. The number of nitro benzene ring substituents is 1. The first-order valence-corrected chi connectivity index (χ1v) is 7.67. The van der Waals surface area contributed by atoms with E-state index in [1.807, 2.05) is 38.1 Å². The number of nitrogens with zero attached hydrogens (tertiary/aromatic N) is 1. The summed E-state index contributed by atoms with van der Waals surface area (Å²) in [6.07, 6.45) is -0.309. The van der Waals surface area contributed by atoms with Crippen LogP contribution < -0.4 is 5.32 Å². The number of ether oxygens (including phenoxy) is 1. The Labute approximate surface area is 139 Å². The second-order valence-corrected chi connectivity index (χ2v) is 6.17. The Morgan fingerprint density at radius 3 is 2.70 bits per heavy atom. The fourth-order valence-electron chi connectivity index (χ4n) is 2.77. The van der Waals surface area contributed by atoms with Crippen molar-refractivity contribution in [3.8, 4) is 11.1 Å². The van der Waals surface area contributed by atoms with E-state index in [1.165, 1.54) is 6.07 Å². The van der Waals surface area contributed by atoms with Crippen LogP contribution in [0.4, 0.5) is 11.4 Å². The Morgan fingerprint density at radius 2 is 2.00 bits per heavy atom. The standard InChI is InChI=1S/C17H16N2O3S/c1-17(2)14-9-12(6-7-15(14)18-16(10-23)22-17)11-4-3-5-13(8-11)19(20)21/h3-10,16,18H,1-2H3. The number of thiocarbonyl (C=S) groups is 1. The molecule has 118 valence electrons. The van der Waals surface area contributed by atoms with E-state index in [0.29, 0.717) is 0 Å². The van der Waals surface area contributed by atoms with Crippen LogP contribution in [0.2, 0.25) is 0 Å². The summed E-state index contributed by atoms with van der Waals surface area (Å²) in [6, 6.07) is 12.5. The number of nitrogens with one attached hydrogen (secondary N) is 1. The summed E-state index contributed by atoms with van der Waals surface area (Å²) in [5.41, 5.74) is 3.24. The highest BCUT2D eigenvalue weighted by molar-refractivity contribution is 7.79. The molecule has 0 aliphatic carbocycles. The van der Waals surface area contributed by atoms with Crippen LogP contribution in [-0.4, -0.2) is 16.5 Å². The van der Waals surface area contributed by atoms with Crippen molar-refractivity contribution < 1.29 is 9.66 Å².